The average molecular weight is 399 g/mol. The highest BCUT2D eigenvalue weighted by Gasteiger charge is 2.54. The molecule has 1 aromatic carbocycles. The third kappa shape index (κ3) is 3.70. The highest BCUT2D eigenvalue weighted by atomic mass is 32.1. The topological polar surface area (TPSA) is 79.3 Å². The monoisotopic (exact) mass is 398 g/mol. The second-order valence-corrected chi connectivity index (χ2v) is 9.40. The van der Waals surface area contributed by atoms with Gasteiger partial charge < -0.3 is 10.4 Å². The van der Waals surface area contributed by atoms with Gasteiger partial charge in [0.2, 0.25) is 5.91 Å². The standard InChI is InChI=1S/C22H26N2O3S/c1-12(2)9-13-3-5-14(6-4-13)17-11-28-22(23-17)24-20(25)18-15-7-8-16(10-15)19(18)21(26)27/h3-6,11-12,15-16,18-19H,7-10H2,1-2H3,(H,26,27)(H,23,24,25)/t15-,16+,18+,19+/m0/s1. The summed E-state index contributed by atoms with van der Waals surface area (Å²) in [6.07, 6.45) is 3.80. The number of nitrogens with one attached hydrogen (secondary N) is 1. The Kier molecular flexibility index (Phi) is 5.23. The van der Waals surface area contributed by atoms with Gasteiger partial charge in [-0.15, -0.1) is 11.3 Å². The Morgan fingerprint density at radius 2 is 1.86 bits per heavy atom. The van der Waals surface area contributed by atoms with E-state index in [9.17, 15) is 14.7 Å². The Hall–Kier alpha value is -2.21. The van der Waals surface area contributed by atoms with Crippen molar-refractivity contribution in [3.05, 3.63) is 35.2 Å². The zero-order valence-electron chi connectivity index (χ0n) is 16.2. The Labute approximate surface area is 169 Å². The fourth-order valence-electron chi connectivity index (χ4n) is 4.96. The van der Waals surface area contributed by atoms with Gasteiger partial charge in [-0.1, -0.05) is 38.1 Å². The van der Waals surface area contributed by atoms with Crippen LogP contribution in [-0.4, -0.2) is 22.0 Å². The molecule has 1 aromatic heterocycles. The van der Waals surface area contributed by atoms with Gasteiger partial charge in [-0.3, -0.25) is 9.59 Å². The van der Waals surface area contributed by atoms with Gasteiger partial charge in [0.15, 0.2) is 5.13 Å². The molecule has 148 valence electrons. The quantitative estimate of drug-likeness (QED) is 0.739. The normalized spacial score (nSPS) is 26.0. The van der Waals surface area contributed by atoms with Gasteiger partial charge in [0, 0.05) is 10.9 Å². The summed E-state index contributed by atoms with van der Waals surface area (Å²) in [5.41, 5.74) is 3.16. The average Bonchev–Trinajstić information content (AvgIpc) is 3.37. The molecule has 4 rings (SSSR count). The van der Waals surface area contributed by atoms with Gasteiger partial charge in [-0.05, 0) is 49.0 Å². The number of anilines is 1. The minimum absolute atomic E-state index is 0.148. The molecular weight excluding hydrogens is 372 g/mol. The number of carbonyl (C=O) groups is 2. The number of hydrogen-bond acceptors (Lipinski definition) is 4. The van der Waals surface area contributed by atoms with E-state index in [2.05, 4.69) is 48.4 Å². The smallest absolute Gasteiger partial charge is 0.307 e. The van der Waals surface area contributed by atoms with E-state index in [0.717, 1.165) is 36.9 Å². The lowest BCUT2D eigenvalue weighted by atomic mass is 9.79. The van der Waals surface area contributed by atoms with Gasteiger partial charge in [0.05, 0.1) is 17.5 Å². The lowest BCUT2D eigenvalue weighted by molar-refractivity contribution is -0.148. The molecule has 1 amide bonds. The molecule has 2 saturated carbocycles. The van der Waals surface area contributed by atoms with Crippen molar-refractivity contribution < 1.29 is 14.7 Å². The van der Waals surface area contributed by atoms with E-state index in [4.69, 9.17) is 0 Å². The van der Waals surface area contributed by atoms with E-state index in [1.165, 1.54) is 16.9 Å². The van der Waals surface area contributed by atoms with Crippen LogP contribution in [0.25, 0.3) is 11.3 Å². The summed E-state index contributed by atoms with van der Waals surface area (Å²) in [4.78, 5) is 29.0. The van der Waals surface area contributed by atoms with Crippen molar-refractivity contribution in [2.24, 2.45) is 29.6 Å². The lowest BCUT2D eigenvalue weighted by Crippen LogP contribution is -2.37. The molecule has 5 nitrogen and oxygen atoms in total. The number of carbonyl (C=O) groups excluding carboxylic acids is 1. The summed E-state index contributed by atoms with van der Waals surface area (Å²) in [5.74, 6) is -1.05. The zero-order chi connectivity index (χ0) is 19.8. The minimum Gasteiger partial charge on any atom is -0.481 e. The van der Waals surface area contributed by atoms with Crippen LogP contribution >= 0.6 is 11.3 Å². The number of benzene rings is 1. The van der Waals surface area contributed by atoms with Gasteiger partial charge in [-0.2, -0.15) is 0 Å². The molecule has 0 radical (unpaired) electrons. The van der Waals surface area contributed by atoms with Crippen LogP contribution in [0.3, 0.4) is 0 Å². The van der Waals surface area contributed by atoms with E-state index in [-0.39, 0.29) is 17.7 Å². The first-order valence-electron chi connectivity index (χ1n) is 10.0. The minimum atomic E-state index is -0.839. The molecule has 1 heterocycles. The van der Waals surface area contributed by atoms with Crippen LogP contribution in [0, 0.1) is 29.6 Å². The number of aliphatic carboxylic acids is 1. The predicted molar refractivity (Wildman–Crippen MR) is 110 cm³/mol. The van der Waals surface area contributed by atoms with E-state index in [1.807, 2.05) is 5.38 Å². The third-order valence-corrected chi connectivity index (χ3v) is 6.89. The predicted octanol–water partition coefficient (Wildman–Crippen LogP) is 4.69. The molecule has 2 aromatic rings. The van der Waals surface area contributed by atoms with Crippen molar-refractivity contribution in [1.82, 2.24) is 4.98 Å². The maximum Gasteiger partial charge on any atom is 0.307 e. The van der Waals surface area contributed by atoms with E-state index in [0.29, 0.717) is 11.0 Å². The van der Waals surface area contributed by atoms with Gasteiger partial charge in [0.1, 0.15) is 0 Å². The molecule has 0 saturated heterocycles. The first-order chi connectivity index (χ1) is 13.4. The summed E-state index contributed by atoms with van der Waals surface area (Å²) < 4.78 is 0. The molecule has 2 aliphatic rings. The number of carboxylic acids is 1. The Morgan fingerprint density at radius 1 is 1.18 bits per heavy atom. The lowest BCUT2D eigenvalue weighted by Gasteiger charge is -2.26. The molecule has 0 aliphatic heterocycles. The summed E-state index contributed by atoms with van der Waals surface area (Å²) in [5, 5.41) is 14.9. The maximum absolute atomic E-state index is 12.8. The number of amides is 1. The van der Waals surface area contributed by atoms with Crippen molar-refractivity contribution in [2.45, 2.75) is 39.5 Å². The van der Waals surface area contributed by atoms with Crippen LogP contribution < -0.4 is 5.32 Å². The Morgan fingerprint density at radius 3 is 2.50 bits per heavy atom. The van der Waals surface area contributed by atoms with Crippen LogP contribution in [0.5, 0.6) is 0 Å². The van der Waals surface area contributed by atoms with Crippen molar-refractivity contribution in [2.75, 3.05) is 5.32 Å². The fraction of sp³-hybridized carbons (Fsp3) is 0.500. The fourth-order valence-corrected chi connectivity index (χ4v) is 5.68. The summed E-state index contributed by atoms with van der Waals surface area (Å²) in [6.45, 7) is 4.41. The van der Waals surface area contributed by atoms with Gasteiger partial charge >= 0.3 is 5.97 Å². The van der Waals surface area contributed by atoms with Crippen molar-refractivity contribution >= 4 is 28.3 Å². The SMILES string of the molecule is CC(C)Cc1ccc(-c2csc(NC(=O)[C@@H]3[C@H]4CC[C@H](C4)[C@H]3C(=O)O)n2)cc1. The molecule has 2 bridgehead atoms. The molecule has 6 heteroatoms. The maximum atomic E-state index is 12.8. The third-order valence-electron chi connectivity index (χ3n) is 6.13. The highest BCUT2D eigenvalue weighted by Crippen LogP contribution is 2.52. The Balaban J connectivity index is 1.45. The van der Waals surface area contributed by atoms with Crippen molar-refractivity contribution in [3.63, 3.8) is 0 Å². The van der Waals surface area contributed by atoms with Gasteiger partial charge in [0.25, 0.3) is 0 Å². The van der Waals surface area contributed by atoms with Crippen molar-refractivity contribution in [1.29, 1.82) is 0 Å². The highest BCUT2D eigenvalue weighted by molar-refractivity contribution is 7.14. The first-order valence-corrected chi connectivity index (χ1v) is 10.9. The van der Waals surface area contributed by atoms with Crippen LogP contribution in [-0.2, 0) is 16.0 Å². The van der Waals surface area contributed by atoms with E-state index < -0.39 is 17.8 Å². The second kappa shape index (κ2) is 7.66. The van der Waals surface area contributed by atoms with E-state index in [1.54, 1.807) is 0 Å². The molecule has 28 heavy (non-hydrogen) atoms. The molecule has 4 atom stereocenters. The largest absolute Gasteiger partial charge is 0.481 e. The molecule has 2 N–H and O–H groups in total. The number of fused-ring (bicyclic) bond motifs is 2. The van der Waals surface area contributed by atoms with Crippen molar-refractivity contribution in [3.8, 4) is 11.3 Å². The van der Waals surface area contributed by atoms with Crippen LogP contribution in [0.1, 0.15) is 38.7 Å². The van der Waals surface area contributed by atoms with Gasteiger partial charge in [-0.25, -0.2) is 4.98 Å². The number of rotatable bonds is 6. The Bertz CT molecular complexity index is 874. The van der Waals surface area contributed by atoms with E-state index >= 15 is 0 Å². The molecule has 0 unspecified atom stereocenters. The number of hydrogen-bond donors (Lipinski definition) is 2. The summed E-state index contributed by atoms with van der Waals surface area (Å²) in [7, 11) is 0. The number of thiazole rings is 1. The summed E-state index contributed by atoms with van der Waals surface area (Å²) >= 11 is 1.39. The number of nitrogens with zero attached hydrogens (tertiary/aromatic N) is 1. The van der Waals surface area contributed by atoms with Crippen LogP contribution in [0.2, 0.25) is 0 Å². The first kappa shape index (κ1) is 19.1. The number of carboxylic acid groups (broad SMARTS) is 1. The number of aromatic nitrogens is 1. The van der Waals surface area contributed by atoms with Crippen LogP contribution in [0.4, 0.5) is 5.13 Å². The second-order valence-electron chi connectivity index (χ2n) is 8.55. The molecule has 2 aliphatic carbocycles. The zero-order valence-corrected chi connectivity index (χ0v) is 17.0. The summed E-state index contributed by atoms with van der Waals surface area (Å²) in [6, 6.07) is 8.38. The van der Waals surface area contributed by atoms with Crippen LogP contribution in [0.15, 0.2) is 29.6 Å². The molecule has 0 spiro atoms. The molecular formula is C22H26N2O3S. The molecule has 2 fully saturated rings.